The fourth-order valence-corrected chi connectivity index (χ4v) is 2.59. The van der Waals surface area contributed by atoms with Crippen LogP contribution in [0.15, 0.2) is 54.6 Å². The molecule has 1 saturated heterocycles. The molecule has 1 aliphatic heterocycles. The van der Waals surface area contributed by atoms with Crippen LogP contribution in [0, 0.1) is 5.92 Å². The maximum Gasteiger partial charge on any atom is 0.161 e. The summed E-state index contributed by atoms with van der Waals surface area (Å²) in [6, 6.07) is 17.3. The lowest BCUT2D eigenvalue weighted by atomic mass is 10.3. The van der Waals surface area contributed by atoms with E-state index in [9.17, 15) is 0 Å². The van der Waals surface area contributed by atoms with Gasteiger partial charge in [-0.2, -0.15) is 0 Å². The second kappa shape index (κ2) is 6.60. The summed E-state index contributed by atoms with van der Waals surface area (Å²) < 4.78 is 23.0. The van der Waals surface area contributed by atoms with E-state index in [4.69, 9.17) is 18.9 Å². The average Bonchev–Trinajstić information content (AvgIpc) is 3.34. The Kier molecular flexibility index (Phi) is 4.18. The minimum atomic E-state index is -0.00903. The van der Waals surface area contributed by atoms with Crippen molar-refractivity contribution in [3.8, 4) is 17.2 Å². The molecule has 1 heterocycles. The van der Waals surface area contributed by atoms with Gasteiger partial charge in [-0.05, 0) is 49.2 Å². The molecule has 1 aliphatic carbocycles. The number of hydrogen-bond acceptors (Lipinski definition) is 4. The zero-order valence-corrected chi connectivity index (χ0v) is 12.9. The lowest BCUT2D eigenvalue weighted by Crippen LogP contribution is -2.21. The van der Waals surface area contributed by atoms with Gasteiger partial charge in [0.1, 0.15) is 30.0 Å². The van der Waals surface area contributed by atoms with Crippen LogP contribution in [0.1, 0.15) is 12.8 Å². The van der Waals surface area contributed by atoms with Crippen molar-refractivity contribution in [1.29, 1.82) is 0 Å². The summed E-state index contributed by atoms with van der Waals surface area (Å²) in [4.78, 5) is 0. The molecule has 2 atom stereocenters. The van der Waals surface area contributed by atoms with E-state index in [1.54, 1.807) is 0 Å². The van der Waals surface area contributed by atoms with Gasteiger partial charge in [-0.1, -0.05) is 18.2 Å². The maximum atomic E-state index is 5.84. The molecule has 0 aromatic heterocycles. The molecular formula is C19H20O4. The quantitative estimate of drug-likeness (QED) is 0.807. The Morgan fingerprint density at radius 1 is 0.870 bits per heavy atom. The molecule has 2 aromatic carbocycles. The lowest BCUT2D eigenvalue weighted by molar-refractivity contribution is -0.0771. The van der Waals surface area contributed by atoms with Crippen LogP contribution in [0.4, 0.5) is 0 Å². The number of ether oxygens (including phenoxy) is 4. The Morgan fingerprint density at radius 3 is 2.30 bits per heavy atom. The van der Waals surface area contributed by atoms with E-state index in [2.05, 4.69) is 0 Å². The molecule has 0 spiro atoms. The Hall–Kier alpha value is -2.04. The molecule has 4 rings (SSSR count). The van der Waals surface area contributed by atoms with E-state index < -0.39 is 0 Å². The van der Waals surface area contributed by atoms with Crippen LogP contribution in [0.25, 0.3) is 0 Å². The first kappa shape index (κ1) is 14.5. The van der Waals surface area contributed by atoms with Crippen molar-refractivity contribution in [3.63, 3.8) is 0 Å². The first-order valence-corrected chi connectivity index (χ1v) is 8.10. The van der Waals surface area contributed by atoms with Crippen LogP contribution in [0.2, 0.25) is 0 Å². The van der Waals surface area contributed by atoms with Crippen LogP contribution in [-0.2, 0) is 9.47 Å². The van der Waals surface area contributed by atoms with Crippen molar-refractivity contribution in [2.75, 3.05) is 13.2 Å². The summed E-state index contributed by atoms with van der Waals surface area (Å²) in [5, 5.41) is 0. The van der Waals surface area contributed by atoms with Gasteiger partial charge in [0.25, 0.3) is 0 Å². The monoisotopic (exact) mass is 312 g/mol. The highest BCUT2D eigenvalue weighted by atomic mass is 16.7. The second-order valence-corrected chi connectivity index (χ2v) is 5.99. The molecule has 120 valence electrons. The highest BCUT2D eigenvalue weighted by molar-refractivity contribution is 5.35. The lowest BCUT2D eigenvalue weighted by Gasteiger charge is -2.12. The van der Waals surface area contributed by atoms with Gasteiger partial charge >= 0.3 is 0 Å². The number of para-hydroxylation sites is 1. The van der Waals surface area contributed by atoms with Crippen LogP contribution < -0.4 is 9.47 Å². The Bertz CT molecular complexity index is 622. The van der Waals surface area contributed by atoms with E-state index >= 15 is 0 Å². The molecule has 2 aromatic rings. The maximum absolute atomic E-state index is 5.84. The number of rotatable bonds is 6. The highest BCUT2D eigenvalue weighted by Gasteiger charge is 2.38. The molecule has 4 nitrogen and oxygen atoms in total. The first-order valence-electron chi connectivity index (χ1n) is 8.10. The van der Waals surface area contributed by atoms with Crippen molar-refractivity contribution < 1.29 is 18.9 Å². The minimum Gasteiger partial charge on any atom is -0.491 e. The normalized spacial score (nSPS) is 23.7. The molecule has 0 bridgehead atoms. The molecule has 4 heteroatoms. The van der Waals surface area contributed by atoms with Gasteiger partial charge in [0.15, 0.2) is 6.29 Å². The van der Waals surface area contributed by atoms with Gasteiger partial charge in [0.05, 0.1) is 6.61 Å². The summed E-state index contributed by atoms with van der Waals surface area (Å²) in [6.07, 6.45) is 2.47. The molecule has 1 saturated carbocycles. The second-order valence-electron chi connectivity index (χ2n) is 5.99. The number of hydrogen-bond donors (Lipinski definition) is 0. The molecule has 0 radical (unpaired) electrons. The SMILES string of the molecule is c1ccc(Oc2ccc(OCC3COC(C4CC4)O3)cc2)cc1. The van der Waals surface area contributed by atoms with Crippen LogP contribution in [0.3, 0.4) is 0 Å². The Labute approximate surface area is 135 Å². The van der Waals surface area contributed by atoms with Crippen molar-refractivity contribution in [3.05, 3.63) is 54.6 Å². The van der Waals surface area contributed by atoms with Gasteiger partial charge in [-0.25, -0.2) is 0 Å². The van der Waals surface area contributed by atoms with Crippen LogP contribution in [0.5, 0.6) is 17.2 Å². The van der Waals surface area contributed by atoms with E-state index in [1.165, 1.54) is 12.8 Å². The molecule has 2 unspecified atom stereocenters. The van der Waals surface area contributed by atoms with Gasteiger partial charge in [0, 0.05) is 5.92 Å². The smallest absolute Gasteiger partial charge is 0.161 e. The summed E-state index contributed by atoms with van der Waals surface area (Å²) in [5.41, 5.74) is 0. The van der Waals surface area contributed by atoms with Gasteiger partial charge < -0.3 is 18.9 Å². The Balaban J connectivity index is 1.27. The fourth-order valence-electron chi connectivity index (χ4n) is 2.59. The third kappa shape index (κ3) is 3.84. The topological polar surface area (TPSA) is 36.9 Å². The highest BCUT2D eigenvalue weighted by Crippen LogP contribution is 2.37. The third-order valence-corrected chi connectivity index (χ3v) is 4.02. The largest absolute Gasteiger partial charge is 0.491 e. The van der Waals surface area contributed by atoms with E-state index in [1.807, 2.05) is 54.6 Å². The van der Waals surface area contributed by atoms with E-state index in [0.29, 0.717) is 19.1 Å². The minimum absolute atomic E-state index is 0.00903. The Morgan fingerprint density at radius 2 is 1.57 bits per heavy atom. The molecular weight excluding hydrogens is 292 g/mol. The van der Waals surface area contributed by atoms with Crippen molar-refractivity contribution >= 4 is 0 Å². The summed E-state index contributed by atoms with van der Waals surface area (Å²) >= 11 is 0. The summed E-state index contributed by atoms with van der Waals surface area (Å²) in [5.74, 6) is 3.03. The average molecular weight is 312 g/mol. The molecule has 0 N–H and O–H groups in total. The first-order chi connectivity index (χ1) is 11.4. The third-order valence-electron chi connectivity index (χ3n) is 4.02. The fraction of sp³-hybridized carbons (Fsp3) is 0.368. The van der Waals surface area contributed by atoms with Gasteiger partial charge in [0.2, 0.25) is 0 Å². The van der Waals surface area contributed by atoms with Crippen molar-refractivity contribution in [2.24, 2.45) is 5.92 Å². The predicted molar refractivity (Wildman–Crippen MR) is 85.8 cm³/mol. The molecule has 0 amide bonds. The van der Waals surface area contributed by atoms with Crippen molar-refractivity contribution in [2.45, 2.75) is 25.2 Å². The van der Waals surface area contributed by atoms with E-state index in [0.717, 1.165) is 17.2 Å². The summed E-state index contributed by atoms with van der Waals surface area (Å²) in [7, 11) is 0. The standard InChI is InChI=1S/C19H20O4/c1-2-4-16(5-3-1)22-17-10-8-15(9-11-17)20-12-18-13-21-19(23-18)14-6-7-14/h1-5,8-11,14,18-19H,6-7,12-13H2. The number of benzene rings is 2. The van der Waals surface area contributed by atoms with Gasteiger partial charge in [-0.3, -0.25) is 0 Å². The van der Waals surface area contributed by atoms with Crippen molar-refractivity contribution in [1.82, 2.24) is 0 Å². The molecule has 2 fully saturated rings. The predicted octanol–water partition coefficient (Wildman–Crippen LogP) is 4.01. The zero-order valence-electron chi connectivity index (χ0n) is 12.9. The van der Waals surface area contributed by atoms with Gasteiger partial charge in [-0.15, -0.1) is 0 Å². The molecule has 2 aliphatic rings. The summed E-state index contributed by atoms with van der Waals surface area (Å²) in [6.45, 7) is 1.14. The van der Waals surface area contributed by atoms with E-state index in [-0.39, 0.29) is 12.4 Å². The zero-order chi connectivity index (χ0) is 15.5. The van der Waals surface area contributed by atoms with Crippen LogP contribution in [-0.4, -0.2) is 25.6 Å². The van der Waals surface area contributed by atoms with Crippen LogP contribution >= 0.6 is 0 Å². The molecule has 23 heavy (non-hydrogen) atoms.